The van der Waals surface area contributed by atoms with Gasteiger partial charge in [-0.3, -0.25) is 4.79 Å². The van der Waals surface area contributed by atoms with E-state index in [-0.39, 0.29) is 26.1 Å². The number of aliphatic carboxylic acids is 1. The zero-order valence-electron chi connectivity index (χ0n) is 14.0. The zero-order valence-corrected chi connectivity index (χ0v) is 14.7. The minimum Gasteiger partial charge on any atom is -0.480 e. The maximum atomic E-state index is 11.9. The maximum absolute atomic E-state index is 11.9. The fraction of sp³-hybridized carbons (Fsp3) is 0.278. The quantitative estimate of drug-likeness (QED) is 0.487. The number of amides is 1. The summed E-state index contributed by atoms with van der Waals surface area (Å²) in [7, 11) is 0. The van der Waals surface area contributed by atoms with Crippen molar-refractivity contribution < 1.29 is 23.8 Å². The third kappa shape index (κ3) is 6.02. The number of hydrogen-bond donors (Lipinski definition) is 2. The first-order valence-electron chi connectivity index (χ1n) is 7.91. The van der Waals surface area contributed by atoms with Crippen molar-refractivity contribution >= 4 is 23.5 Å². The van der Waals surface area contributed by atoms with Crippen LogP contribution >= 0.6 is 11.6 Å². The van der Waals surface area contributed by atoms with E-state index in [4.69, 9.17) is 25.9 Å². The molecule has 0 fully saturated rings. The predicted octanol–water partition coefficient (Wildman–Crippen LogP) is 2.70. The smallest absolute Gasteiger partial charge is 0.328 e. The Hall–Kier alpha value is -2.64. The number of oxazole rings is 1. The molecule has 7 nitrogen and oxygen atoms in total. The maximum Gasteiger partial charge on any atom is 0.328 e. The highest BCUT2D eigenvalue weighted by molar-refractivity contribution is 6.30. The highest BCUT2D eigenvalue weighted by Crippen LogP contribution is 2.22. The molecule has 0 aliphatic rings. The number of carboxylic acid groups (broad SMARTS) is 1. The summed E-state index contributed by atoms with van der Waals surface area (Å²) in [5.74, 6) is -0.632. The summed E-state index contributed by atoms with van der Waals surface area (Å²) in [4.78, 5) is 27.2. The molecule has 1 aromatic carbocycles. The third-order valence-corrected chi connectivity index (χ3v) is 3.65. The van der Waals surface area contributed by atoms with Crippen LogP contribution in [-0.2, 0) is 20.7 Å². The SMILES string of the molecule is C=CCOCC(NC(=O)CCc1ncc(-c2ccc(Cl)cc2)o1)C(=O)O. The number of carbonyl (C=O) groups is 2. The number of halogens is 1. The Kier molecular flexibility index (Phi) is 7.37. The summed E-state index contributed by atoms with van der Waals surface area (Å²) < 4.78 is 10.7. The number of aromatic nitrogens is 1. The van der Waals surface area contributed by atoms with E-state index in [1.807, 2.05) is 0 Å². The monoisotopic (exact) mass is 378 g/mol. The topological polar surface area (TPSA) is 102 Å². The van der Waals surface area contributed by atoms with Gasteiger partial charge in [0.1, 0.15) is 0 Å². The van der Waals surface area contributed by atoms with E-state index in [0.717, 1.165) is 5.56 Å². The van der Waals surface area contributed by atoms with E-state index in [9.17, 15) is 9.59 Å². The molecule has 0 spiro atoms. The summed E-state index contributed by atoms with van der Waals surface area (Å²) in [6, 6.07) is 5.98. The Balaban J connectivity index is 1.85. The van der Waals surface area contributed by atoms with Crippen LogP contribution < -0.4 is 5.32 Å². The second-order valence-corrected chi connectivity index (χ2v) is 5.85. The van der Waals surface area contributed by atoms with Crippen molar-refractivity contribution in [2.75, 3.05) is 13.2 Å². The van der Waals surface area contributed by atoms with Crippen molar-refractivity contribution in [2.24, 2.45) is 0 Å². The minimum atomic E-state index is -1.16. The zero-order chi connectivity index (χ0) is 18.9. The lowest BCUT2D eigenvalue weighted by atomic mass is 10.2. The van der Waals surface area contributed by atoms with Crippen LogP contribution in [0.15, 0.2) is 47.5 Å². The highest BCUT2D eigenvalue weighted by Gasteiger charge is 2.20. The largest absolute Gasteiger partial charge is 0.480 e. The van der Waals surface area contributed by atoms with Gasteiger partial charge in [-0.2, -0.15) is 0 Å². The molecule has 1 unspecified atom stereocenters. The number of aryl methyl sites for hydroxylation is 1. The molecule has 0 radical (unpaired) electrons. The van der Waals surface area contributed by atoms with E-state index in [1.54, 1.807) is 30.5 Å². The van der Waals surface area contributed by atoms with E-state index < -0.39 is 17.9 Å². The number of rotatable bonds is 10. The van der Waals surface area contributed by atoms with Gasteiger partial charge < -0.3 is 19.6 Å². The van der Waals surface area contributed by atoms with Gasteiger partial charge in [-0.25, -0.2) is 9.78 Å². The van der Waals surface area contributed by atoms with E-state index in [2.05, 4.69) is 16.9 Å². The first-order valence-corrected chi connectivity index (χ1v) is 8.29. The van der Waals surface area contributed by atoms with Gasteiger partial charge in [-0.15, -0.1) is 6.58 Å². The molecule has 1 aromatic heterocycles. The standard InChI is InChI=1S/C18H19ClN2O5/c1-2-9-25-11-14(18(23)24)21-16(22)7-8-17-20-10-15(26-17)12-3-5-13(19)6-4-12/h2-6,10,14H,1,7-9,11H2,(H,21,22)(H,23,24). The number of benzene rings is 1. The molecule has 0 saturated carbocycles. The van der Waals surface area contributed by atoms with Crippen LogP contribution in [0.3, 0.4) is 0 Å². The van der Waals surface area contributed by atoms with Gasteiger partial charge >= 0.3 is 5.97 Å². The molecule has 0 saturated heterocycles. The lowest BCUT2D eigenvalue weighted by molar-refractivity contribution is -0.143. The summed E-state index contributed by atoms with van der Waals surface area (Å²) in [6.07, 6.45) is 3.37. The van der Waals surface area contributed by atoms with Gasteiger partial charge in [0.15, 0.2) is 17.7 Å². The normalized spacial score (nSPS) is 11.7. The lowest BCUT2D eigenvalue weighted by Crippen LogP contribution is -2.44. The van der Waals surface area contributed by atoms with E-state index >= 15 is 0 Å². The molecule has 138 valence electrons. The van der Waals surface area contributed by atoms with Crippen molar-refractivity contribution in [1.82, 2.24) is 10.3 Å². The molecule has 2 N–H and O–H groups in total. The fourth-order valence-electron chi connectivity index (χ4n) is 2.10. The van der Waals surface area contributed by atoms with Gasteiger partial charge in [0.25, 0.3) is 0 Å². The summed E-state index contributed by atoms with van der Waals surface area (Å²) >= 11 is 5.85. The number of nitrogens with one attached hydrogen (secondary N) is 1. The number of carbonyl (C=O) groups excluding carboxylic acids is 1. The van der Waals surface area contributed by atoms with Crippen molar-refractivity contribution in [2.45, 2.75) is 18.9 Å². The fourth-order valence-corrected chi connectivity index (χ4v) is 2.23. The molecule has 26 heavy (non-hydrogen) atoms. The predicted molar refractivity (Wildman–Crippen MR) is 95.9 cm³/mol. The Labute approximate surface area is 155 Å². The first kappa shape index (κ1) is 19.7. The molecule has 0 aliphatic carbocycles. The van der Waals surface area contributed by atoms with Crippen LogP contribution in [0.2, 0.25) is 5.02 Å². The Morgan fingerprint density at radius 2 is 2.12 bits per heavy atom. The van der Waals surface area contributed by atoms with Gasteiger partial charge in [-0.1, -0.05) is 17.7 Å². The second-order valence-electron chi connectivity index (χ2n) is 5.41. The van der Waals surface area contributed by atoms with Crippen molar-refractivity contribution in [3.63, 3.8) is 0 Å². The van der Waals surface area contributed by atoms with Crippen LogP contribution in [0.25, 0.3) is 11.3 Å². The van der Waals surface area contributed by atoms with Crippen LogP contribution in [0.5, 0.6) is 0 Å². The van der Waals surface area contributed by atoms with Crippen LogP contribution in [-0.4, -0.2) is 41.2 Å². The number of nitrogens with zero attached hydrogens (tertiary/aromatic N) is 1. The average Bonchev–Trinajstić information content (AvgIpc) is 3.09. The second kappa shape index (κ2) is 9.74. The van der Waals surface area contributed by atoms with Gasteiger partial charge in [0, 0.05) is 23.4 Å². The van der Waals surface area contributed by atoms with Crippen molar-refractivity contribution in [3.8, 4) is 11.3 Å². The van der Waals surface area contributed by atoms with Crippen LogP contribution in [0.1, 0.15) is 12.3 Å². The number of hydrogen-bond acceptors (Lipinski definition) is 5. The highest BCUT2D eigenvalue weighted by atomic mass is 35.5. The molecule has 2 rings (SSSR count). The first-order chi connectivity index (χ1) is 12.5. The average molecular weight is 379 g/mol. The van der Waals surface area contributed by atoms with Crippen molar-refractivity contribution in [1.29, 1.82) is 0 Å². The summed E-state index contributed by atoms with van der Waals surface area (Å²) in [6.45, 7) is 3.55. The lowest BCUT2D eigenvalue weighted by Gasteiger charge is -2.13. The summed E-state index contributed by atoms with van der Waals surface area (Å²) in [5.41, 5.74) is 0.822. The molecule has 0 bridgehead atoms. The molecule has 1 amide bonds. The van der Waals surface area contributed by atoms with Crippen molar-refractivity contribution in [3.05, 3.63) is 54.0 Å². The molecule has 2 aromatic rings. The Bertz CT molecular complexity index is 757. The third-order valence-electron chi connectivity index (χ3n) is 3.40. The van der Waals surface area contributed by atoms with Gasteiger partial charge in [0.2, 0.25) is 5.91 Å². The number of carboxylic acids is 1. The number of ether oxygens (including phenoxy) is 1. The van der Waals surface area contributed by atoms with E-state index in [0.29, 0.717) is 16.7 Å². The van der Waals surface area contributed by atoms with Crippen LogP contribution in [0, 0.1) is 0 Å². The molecule has 1 heterocycles. The Morgan fingerprint density at radius 3 is 2.77 bits per heavy atom. The van der Waals surface area contributed by atoms with Gasteiger partial charge in [-0.05, 0) is 24.3 Å². The Morgan fingerprint density at radius 1 is 1.38 bits per heavy atom. The molecule has 0 aliphatic heterocycles. The molecular weight excluding hydrogens is 360 g/mol. The molecule has 8 heteroatoms. The van der Waals surface area contributed by atoms with Crippen LogP contribution in [0.4, 0.5) is 0 Å². The molecular formula is C18H19ClN2O5. The van der Waals surface area contributed by atoms with Gasteiger partial charge in [0.05, 0.1) is 19.4 Å². The minimum absolute atomic E-state index is 0.0474. The van der Waals surface area contributed by atoms with E-state index in [1.165, 1.54) is 6.08 Å². The summed E-state index contributed by atoms with van der Waals surface area (Å²) in [5, 5.41) is 12.1. The molecule has 1 atom stereocenters.